The summed E-state index contributed by atoms with van der Waals surface area (Å²) < 4.78 is 0. The van der Waals surface area contributed by atoms with Gasteiger partial charge in [-0.15, -0.1) is 11.8 Å². The van der Waals surface area contributed by atoms with Gasteiger partial charge in [0.15, 0.2) is 0 Å². The molecule has 0 unspecified atom stereocenters. The topological polar surface area (TPSA) is 20.3 Å². The van der Waals surface area contributed by atoms with Gasteiger partial charge in [-0.1, -0.05) is 30.3 Å². The van der Waals surface area contributed by atoms with Gasteiger partial charge < -0.3 is 4.90 Å². The summed E-state index contributed by atoms with van der Waals surface area (Å²) in [7, 11) is 0. The fourth-order valence-corrected chi connectivity index (χ4v) is 2.02. The lowest BCUT2D eigenvalue weighted by Gasteiger charge is -2.11. The average Bonchev–Trinajstić information content (AvgIpc) is 2.72. The highest BCUT2D eigenvalue weighted by molar-refractivity contribution is 8.02. The maximum atomic E-state index is 11.7. The molecule has 0 fully saturated rings. The van der Waals surface area contributed by atoms with Crippen LogP contribution in [0.15, 0.2) is 41.9 Å². The number of benzene rings is 1. The number of hydrogen-bond donors (Lipinski definition) is 0. The Balaban J connectivity index is 1.98. The molecular weight excluding hydrogens is 194 g/mol. The molecule has 1 heterocycles. The van der Waals surface area contributed by atoms with E-state index in [0.29, 0.717) is 6.42 Å². The first-order valence-corrected chi connectivity index (χ1v) is 5.53. The smallest absolute Gasteiger partial charge is 0.231 e. The van der Waals surface area contributed by atoms with Crippen LogP contribution in [0, 0.1) is 0 Å². The number of rotatable bonds is 2. The van der Waals surface area contributed by atoms with Gasteiger partial charge in [0.1, 0.15) is 0 Å². The molecule has 3 heteroatoms. The second-order valence-electron chi connectivity index (χ2n) is 3.11. The third kappa shape index (κ3) is 2.17. The first-order valence-electron chi connectivity index (χ1n) is 4.48. The van der Waals surface area contributed by atoms with Crippen LogP contribution in [0.1, 0.15) is 5.56 Å². The lowest BCUT2D eigenvalue weighted by Crippen LogP contribution is -2.24. The summed E-state index contributed by atoms with van der Waals surface area (Å²) in [6, 6.07) is 9.82. The molecule has 0 spiro atoms. The predicted octanol–water partition coefficient (Wildman–Crippen LogP) is 2.23. The molecule has 1 aromatic carbocycles. The number of hydrogen-bond acceptors (Lipinski definition) is 2. The van der Waals surface area contributed by atoms with Crippen molar-refractivity contribution >= 4 is 17.7 Å². The summed E-state index contributed by atoms with van der Waals surface area (Å²) in [6.07, 6.45) is 2.33. The molecule has 0 aromatic heterocycles. The van der Waals surface area contributed by atoms with Gasteiger partial charge in [0.2, 0.25) is 5.91 Å². The standard InChI is InChI=1S/C11H11NOS/c13-11(12-6-7-14-9-12)8-10-4-2-1-3-5-10/h1-7H,8-9H2. The van der Waals surface area contributed by atoms with Gasteiger partial charge >= 0.3 is 0 Å². The quantitative estimate of drug-likeness (QED) is 0.738. The zero-order valence-electron chi connectivity index (χ0n) is 7.72. The zero-order chi connectivity index (χ0) is 9.80. The zero-order valence-corrected chi connectivity index (χ0v) is 8.54. The van der Waals surface area contributed by atoms with Gasteiger partial charge in [-0.3, -0.25) is 4.79 Å². The second kappa shape index (κ2) is 4.33. The number of nitrogens with zero attached hydrogens (tertiary/aromatic N) is 1. The number of carbonyl (C=O) groups excluding carboxylic acids is 1. The molecule has 1 amide bonds. The summed E-state index contributed by atoms with van der Waals surface area (Å²) in [6.45, 7) is 0. The van der Waals surface area contributed by atoms with Crippen molar-refractivity contribution in [3.8, 4) is 0 Å². The van der Waals surface area contributed by atoms with Crippen LogP contribution in [0.2, 0.25) is 0 Å². The molecule has 0 N–H and O–H groups in total. The van der Waals surface area contributed by atoms with E-state index in [9.17, 15) is 4.79 Å². The van der Waals surface area contributed by atoms with Crippen molar-refractivity contribution in [2.75, 3.05) is 5.88 Å². The molecule has 0 aliphatic carbocycles. The minimum atomic E-state index is 0.164. The SMILES string of the molecule is O=C(Cc1ccccc1)N1C=CSC1. The van der Waals surface area contributed by atoms with Gasteiger partial charge in [-0.2, -0.15) is 0 Å². The molecule has 0 radical (unpaired) electrons. The Labute approximate surface area is 87.6 Å². The van der Waals surface area contributed by atoms with E-state index in [1.807, 2.05) is 41.9 Å². The molecule has 0 saturated heterocycles. The van der Waals surface area contributed by atoms with Crippen LogP contribution in [0.25, 0.3) is 0 Å². The lowest BCUT2D eigenvalue weighted by molar-refractivity contribution is -0.127. The van der Waals surface area contributed by atoms with Crippen molar-refractivity contribution in [2.24, 2.45) is 0 Å². The van der Waals surface area contributed by atoms with E-state index in [4.69, 9.17) is 0 Å². The summed E-state index contributed by atoms with van der Waals surface area (Å²) in [4.78, 5) is 13.4. The van der Waals surface area contributed by atoms with Crippen LogP contribution in [0.4, 0.5) is 0 Å². The molecule has 0 atom stereocenters. The fraction of sp³-hybridized carbons (Fsp3) is 0.182. The number of carbonyl (C=O) groups is 1. The Bertz CT molecular complexity index is 348. The second-order valence-corrected chi connectivity index (χ2v) is 3.97. The molecule has 2 rings (SSSR count). The molecule has 0 saturated carbocycles. The summed E-state index contributed by atoms with van der Waals surface area (Å²) in [5.41, 5.74) is 1.07. The molecule has 1 aromatic rings. The van der Waals surface area contributed by atoms with Crippen LogP contribution in [0.5, 0.6) is 0 Å². The van der Waals surface area contributed by atoms with E-state index < -0.39 is 0 Å². The molecular formula is C11H11NOS. The third-order valence-corrected chi connectivity index (χ3v) is 2.81. The van der Waals surface area contributed by atoms with E-state index in [-0.39, 0.29) is 5.91 Å². The first kappa shape index (κ1) is 9.34. The normalized spacial score (nSPS) is 14.7. The van der Waals surface area contributed by atoms with Crippen LogP contribution >= 0.6 is 11.8 Å². The molecule has 72 valence electrons. The van der Waals surface area contributed by atoms with Gasteiger partial charge in [-0.05, 0) is 11.0 Å². The monoisotopic (exact) mass is 205 g/mol. The van der Waals surface area contributed by atoms with E-state index >= 15 is 0 Å². The van der Waals surface area contributed by atoms with E-state index in [1.54, 1.807) is 16.7 Å². The highest BCUT2D eigenvalue weighted by atomic mass is 32.2. The Morgan fingerprint density at radius 3 is 2.79 bits per heavy atom. The van der Waals surface area contributed by atoms with Crippen LogP contribution < -0.4 is 0 Å². The molecule has 1 aliphatic rings. The van der Waals surface area contributed by atoms with Gasteiger partial charge in [-0.25, -0.2) is 0 Å². The number of thioether (sulfide) groups is 1. The largest absolute Gasteiger partial charge is 0.308 e. The number of amides is 1. The van der Waals surface area contributed by atoms with Gasteiger partial charge in [0, 0.05) is 6.20 Å². The Hall–Kier alpha value is -1.22. The van der Waals surface area contributed by atoms with Crippen molar-refractivity contribution in [1.29, 1.82) is 0 Å². The Morgan fingerprint density at radius 1 is 1.36 bits per heavy atom. The highest BCUT2D eigenvalue weighted by Crippen LogP contribution is 2.16. The van der Waals surface area contributed by atoms with Crippen LogP contribution in [-0.4, -0.2) is 16.7 Å². The van der Waals surface area contributed by atoms with Crippen molar-refractivity contribution < 1.29 is 4.79 Å². The predicted molar refractivity (Wildman–Crippen MR) is 58.6 cm³/mol. The Morgan fingerprint density at radius 2 is 2.14 bits per heavy atom. The van der Waals surface area contributed by atoms with Gasteiger partial charge in [0.25, 0.3) is 0 Å². The highest BCUT2D eigenvalue weighted by Gasteiger charge is 2.13. The molecule has 1 aliphatic heterocycles. The first-order chi connectivity index (χ1) is 6.86. The minimum Gasteiger partial charge on any atom is -0.308 e. The fourth-order valence-electron chi connectivity index (χ4n) is 1.31. The van der Waals surface area contributed by atoms with Crippen LogP contribution in [-0.2, 0) is 11.2 Å². The Kier molecular flexibility index (Phi) is 2.89. The van der Waals surface area contributed by atoms with E-state index in [2.05, 4.69) is 0 Å². The summed E-state index contributed by atoms with van der Waals surface area (Å²) in [5, 5.41) is 1.95. The summed E-state index contributed by atoms with van der Waals surface area (Å²) >= 11 is 1.65. The lowest BCUT2D eigenvalue weighted by atomic mass is 10.1. The van der Waals surface area contributed by atoms with Crippen molar-refractivity contribution in [2.45, 2.75) is 6.42 Å². The maximum Gasteiger partial charge on any atom is 0.231 e. The van der Waals surface area contributed by atoms with E-state index in [0.717, 1.165) is 11.4 Å². The maximum absolute atomic E-state index is 11.7. The van der Waals surface area contributed by atoms with Gasteiger partial charge in [0.05, 0.1) is 12.3 Å². The van der Waals surface area contributed by atoms with Crippen LogP contribution in [0.3, 0.4) is 0 Å². The van der Waals surface area contributed by atoms with Crippen molar-refractivity contribution in [3.05, 3.63) is 47.5 Å². The molecule has 0 bridgehead atoms. The molecule has 2 nitrogen and oxygen atoms in total. The van der Waals surface area contributed by atoms with E-state index in [1.165, 1.54) is 0 Å². The van der Waals surface area contributed by atoms with Crippen molar-refractivity contribution in [3.63, 3.8) is 0 Å². The third-order valence-electron chi connectivity index (χ3n) is 2.07. The minimum absolute atomic E-state index is 0.164. The summed E-state index contributed by atoms with van der Waals surface area (Å²) in [5.74, 6) is 0.920. The molecule has 14 heavy (non-hydrogen) atoms. The average molecular weight is 205 g/mol. The van der Waals surface area contributed by atoms with Crippen molar-refractivity contribution in [1.82, 2.24) is 4.90 Å².